The van der Waals surface area contributed by atoms with E-state index < -0.39 is 0 Å². The van der Waals surface area contributed by atoms with E-state index in [0.29, 0.717) is 6.79 Å². The molecule has 4 heteroatoms. The van der Waals surface area contributed by atoms with Crippen LogP contribution in [0.3, 0.4) is 0 Å². The van der Waals surface area contributed by atoms with Crippen LogP contribution in [0.1, 0.15) is 37.8 Å². The predicted octanol–water partition coefficient (Wildman–Crippen LogP) is 3.34. The zero-order valence-electron chi connectivity index (χ0n) is 10.9. The van der Waals surface area contributed by atoms with Gasteiger partial charge in [-0.1, -0.05) is 25.8 Å². The molecule has 0 aliphatic carbocycles. The standard InChI is InChI=1S/C14H21NO2S/c1-2-3-4-7-18-9-12(15)11-5-6-13-14(8-11)17-10-16-13/h5-6,8,12H,2-4,7,9-10,15H2,1H3. The maximum absolute atomic E-state index is 6.19. The summed E-state index contributed by atoms with van der Waals surface area (Å²) in [5.74, 6) is 3.80. The van der Waals surface area contributed by atoms with Crippen LogP contribution in [-0.4, -0.2) is 18.3 Å². The number of hydrogen-bond donors (Lipinski definition) is 1. The highest BCUT2D eigenvalue weighted by molar-refractivity contribution is 7.99. The Hall–Kier alpha value is -0.870. The van der Waals surface area contributed by atoms with E-state index >= 15 is 0 Å². The van der Waals surface area contributed by atoms with Crippen LogP contribution in [0.15, 0.2) is 18.2 Å². The van der Waals surface area contributed by atoms with Gasteiger partial charge >= 0.3 is 0 Å². The third-order valence-corrected chi connectivity index (χ3v) is 4.19. The highest BCUT2D eigenvalue weighted by Crippen LogP contribution is 2.34. The molecule has 2 N–H and O–H groups in total. The van der Waals surface area contributed by atoms with Gasteiger partial charge < -0.3 is 15.2 Å². The van der Waals surface area contributed by atoms with E-state index in [1.54, 1.807) is 0 Å². The Bertz CT molecular complexity index is 384. The van der Waals surface area contributed by atoms with Crippen molar-refractivity contribution in [1.82, 2.24) is 0 Å². The number of thioether (sulfide) groups is 1. The van der Waals surface area contributed by atoms with Crippen LogP contribution in [0, 0.1) is 0 Å². The van der Waals surface area contributed by atoms with Crippen LogP contribution >= 0.6 is 11.8 Å². The molecule has 1 atom stereocenters. The van der Waals surface area contributed by atoms with Gasteiger partial charge in [0.2, 0.25) is 6.79 Å². The molecule has 1 heterocycles. The fraction of sp³-hybridized carbons (Fsp3) is 0.571. The fourth-order valence-corrected chi connectivity index (χ4v) is 2.93. The predicted molar refractivity (Wildman–Crippen MR) is 76.3 cm³/mol. The molecule has 1 aliphatic heterocycles. The SMILES string of the molecule is CCCCCSCC(N)c1ccc2c(c1)OCO2. The summed E-state index contributed by atoms with van der Waals surface area (Å²) in [7, 11) is 0. The second-order valence-corrected chi connectivity index (χ2v) is 5.65. The van der Waals surface area contributed by atoms with Crippen molar-refractivity contribution in [3.63, 3.8) is 0 Å². The fourth-order valence-electron chi connectivity index (χ4n) is 1.90. The minimum atomic E-state index is 0.0751. The number of ether oxygens (including phenoxy) is 2. The van der Waals surface area contributed by atoms with Crippen LogP contribution in [0.4, 0.5) is 0 Å². The first-order valence-electron chi connectivity index (χ1n) is 6.54. The molecule has 0 aromatic heterocycles. The second-order valence-electron chi connectivity index (χ2n) is 4.50. The molecule has 18 heavy (non-hydrogen) atoms. The van der Waals surface area contributed by atoms with E-state index in [-0.39, 0.29) is 6.04 Å². The van der Waals surface area contributed by atoms with Crippen LogP contribution in [-0.2, 0) is 0 Å². The first-order valence-corrected chi connectivity index (χ1v) is 7.69. The van der Waals surface area contributed by atoms with Crippen LogP contribution in [0.5, 0.6) is 11.5 Å². The van der Waals surface area contributed by atoms with E-state index in [0.717, 1.165) is 22.8 Å². The molecule has 1 aromatic carbocycles. The second kappa shape index (κ2) is 6.90. The van der Waals surface area contributed by atoms with E-state index in [4.69, 9.17) is 15.2 Å². The van der Waals surface area contributed by atoms with Crippen molar-refractivity contribution in [2.75, 3.05) is 18.3 Å². The Balaban J connectivity index is 1.80. The summed E-state index contributed by atoms with van der Waals surface area (Å²) in [6.45, 7) is 2.54. The van der Waals surface area contributed by atoms with Gasteiger partial charge in [-0.3, -0.25) is 0 Å². The van der Waals surface area contributed by atoms with Crippen LogP contribution in [0.25, 0.3) is 0 Å². The summed E-state index contributed by atoms with van der Waals surface area (Å²) in [6.07, 6.45) is 3.87. The first kappa shape index (κ1) is 13.6. The van der Waals surface area contributed by atoms with E-state index in [9.17, 15) is 0 Å². The van der Waals surface area contributed by atoms with Gasteiger partial charge in [0, 0.05) is 11.8 Å². The van der Waals surface area contributed by atoms with Crippen molar-refractivity contribution in [1.29, 1.82) is 0 Å². The van der Waals surface area contributed by atoms with E-state index in [2.05, 4.69) is 6.92 Å². The molecule has 100 valence electrons. The Morgan fingerprint density at radius 2 is 2.11 bits per heavy atom. The number of hydrogen-bond acceptors (Lipinski definition) is 4. The van der Waals surface area contributed by atoms with Crippen LogP contribution < -0.4 is 15.2 Å². The summed E-state index contributed by atoms with van der Waals surface area (Å²) >= 11 is 1.93. The molecule has 2 rings (SSSR count). The normalized spacial score (nSPS) is 14.8. The summed E-state index contributed by atoms with van der Waals surface area (Å²) < 4.78 is 10.7. The topological polar surface area (TPSA) is 44.5 Å². The van der Waals surface area contributed by atoms with Crippen molar-refractivity contribution < 1.29 is 9.47 Å². The molecule has 0 amide bonds. The van der Waals surface area contributed by atoms with Crippen molar-refractivity contribution in [2.45, 2.75) is 32.2 Å². The molecule has 1 unspecified atom stereocenters. The summed E-state index contributed by atoms with van der Waals surface area (Å²) in [5.41, 5.74) is 7.31. The molecule has 0 spiro atoms. The zero-order valence-corrected chi connectivity index (χ0v) is 11.7. The Morgan fingerprint density at radius 3 is 2.94 bits per heavy atom. The molecule has 1 aliphatic rings. The highest BCUT2D eigenvalue weighted by Gasteiger charge is 2.15. The quantitative estimate of drug-likeness (QED) is 0.770. The van der Waals surface area contributed by atoms with Gasteiger partial charge in [0.25, 0.3) is 0 Å². The third kappa shape index (κ3) is 3.56. The lowest BCUT2D eigenvalue weighted by atomic mass is 10.1. The zero-order chi connectivity index (χ0) is 12.8. The Labute approximate surface area is 113 Å². The Morgan fingerprint density at radius 1 is 1.28 bits per heavy atom. The third-order valence-electron chi connectivity index (χ3n) is 3.01. The maximum Gasteiger partial charge on any atom is 0.231 e. The van der Waals surface area contributed by atoms with E-state index in [1.807, 2.05) is 30.0 Å². The van der Waals surface area contributed by atoms with E-state index in [1.165, 1.54) is 25.0 Å². The monoisotopic (exact) mass is 267 g/mol. The van der Waals surface area contributed by atoms with Gasteiger partial charge in [-0.05, 0) is 29.9 Å². The van der Waals surface area contributed by atoms with Gasteiger partial charge in [-0.25, -0.2) is 0 Å². The molecule has 0 bridgehead atoms. The molecule has 0 fully saturated rings. The number of nitrogens with two attached hydrogens (primary N) is 1. The van der Waals surface area contributed by atoms with Gasteiger partial charge in [0.15, 0.2) is 11.5 Å². The molecule has 3 nitrogen and oxygen atoms in total. The number of unbranched alkanes of at least 4 members (excludes halogenated alkanes) is 2. The lowest BCUT2D eigenvalue weighted by molar-refractivity contribution is 0.174. The number of rotatable bonds is 7. The summed E-state index contributed by atoms with van der Waals surface area (Å²) in [6, 6.07) is 6.05. The molecular formula is C14H21NO2S. The number of fused-ring (bicyclic) bond motifs is 1. The summed E-state index contributed by atoms with van der Waals surface area (Å²) in [4.78, 5) is 0. The average molecular weight is 267 g/mol. The van der Waals surface area contributed by atoms with Crippen LogP contribution in [0.2, 0.25) is 0 Å². The molecule has 0 saturated heterocycles. The van der Waals surface area contributed by atoms with Crippen molar-refractivity contribution in [2.24, 2.45) is 5.73 Å². The smallest absolute Gasteiger partial charge is 0.231 e. The largest absolute Gasteiger partial charge is 0.454 e. The molecular weight excluding hydrogens is 246 g/mol. The van der Waals surface area contributed by atoms with Gasteiger partial charge in [0.05, 0.1) is 0 Å². The summed E-state index contributed by atoms with van der Waals surface area (Å²) in [5, 5.41) is 0. The van der Waals surface area contributed by atoms with Gasteiger partial charge in [-0.2, -0.15) is 11.8 Å². The Kier molecular flexibility index (Phi) is 5.20. The van der Waals surface area contributed by atoms with Crippen molar-refractivity contribution >= 4 is 11.8 Å². The average Bonchev–Trinajstić information content (AvgIpc) is 2.85. The molecule has 1 aromatic rings. The van der Waals surface area contributed by atoms with Gasteiger partial charge in [-0.15, -0.1) is 0 Å². The minimum Gasteiger partial charge on any atom is -0.454 e. The number of benzene rings is 1. The lowest BCUT2D eigenvalue weighted by Gasteiger charge is -2.12. The first-order chi connectivity index (χ1) is 8.81. The van der Waals surface area contributed by atoms with Gasteiger partial charge in [0.1, 0.15) is 0 Å². The highest BCUT2D eigenvalue weighted by atomic mass is 32.2. The maximum atomic E-state index is 6.19. The van der Waals surface area contributed by atoms with Crippen molar-refractivity contribution in [3.8, 4) is 11.5 Å². The molecule has 0 radical (unpaired) electrons. The van der Waals surface area contributed by atoms with Crippen molar-refractivity contribution in [3.05, 3.63) is 23.8 Å². The minimum absolute atomic E-state index is 0.0751. The lowest BCUT2D eigenvalue weighted by Crippen LogP contribution is -2.13. The molecule has 0 saturated carbocycles.